The summed E-state index contributed by atoms with van der Waals surface area (Å²) in [5.74, 6) is -1.40. The summed E-state index contributed by atoms with van der Waals surface area (Å²) >= 11 is -3.70. The van der Waals surface area contributed by atoms with Crippen molar-refractivity contribution in [2.24, 2.45) is 5.73 Å². The van der Waals surface area contributed by atoms with Gasteiger partial charge in [-0.15, -0.1) is 0 Å². The maximum atomic E-state index is 12.1. The molecule has 1 aliphatic rings. The summed E-state index contributed by atoms with van der Waals surface area (Å²) < 4.78 is 12.8. The molecule has 1 rings (SSSR count). The van der Waals surface area contributed by atoms with Crippen molar-refractivity contribution in [1.82, 2.24) is 4.90 Å². The molecule has 126 valence electrons. The number of unbranched alkanes of at least 4 members (excludes halogenated alkanes) is 2. The molecule has 0 unspecified atom stereocenters. The Kier molecular flexibility index (Phi) is 8.16. The van der Waals surface area contributed by atoms with E-state index < -0.39 is 37.1 Å². The van der Waals surface area contributed by atoms with Crippen LogP contribution in [0.15, 0.2) is 0 Å². The van der Waals surface area contributed by atoms with Crippen LogP contribution in [0.2, 0.25) is 8.87 Å². The Bertz CT molecular complexity index is 386. The Morgan fingerprint density at radius 2 is 1.55 bits per heavy atom. The third-order valence-electron chi connectivity index (χ3n) is 3.51. The molecule has 0 radical (unpaired) electrons. The number of carbonyl (C=O) groups is 3. The predicted octanol–water partition coefficient (Wildman–Crippen LogP) is 0.916. The average molecular weight is 421 g/mol. The van der Waals surface area contributed by atoms with Crippen molar-refractivity contribution >= 4 is 37.1 Å². The zero-order valence-electron chi connectivity index (χ0n) is 13.4. The summed E-state index contributed by atoms with van der Waals surface area (Å²) in [4.78, 5) is 36.6. The van der Waals surface area contributed by atoms with E-state index in [2.05, 4.69) is 13.8 Å². The van der Waals surface area contributed by atoms with Gasteiger partial charge in [0.15, 0.2) is 0 Å². The molecule has 1 amide bonds. The van der Waals surface area contributed by atoms with Crippen molar-refractivity contribution in [3.05, 3.63) is 0 Å². The first-order valence-corrected chi connectivity index (χ1v) is 14.2. The van der Waals surface area contributed by atoms with Crippen LogP contribution in [0.25, 0.3) is 0 Å². The van der Waals surface area contributed by atoms with Gasteiger partial charge in [0, 0.05) is 0 Å². The summed E-state index contributed by atoms with van der Waals surface area (Å²) in [7, 11) is 0. The van der Waals surface area contributed by atoms with Gasteiger partial charge >= 0.3 is 136 Å². The standard InChI is InChI=1S/C6H10N2O5.2C4H9.Sn/c7-4(9)1-8(2-5(10)11)3-6(12)13;2*1-3-4-2;/h1-3H2,(H2,7,9)(H,10,11)(H,12,13);2*1,3-4H2,2H3;/q;;;+2/p-2. The van der Waals surface area contributed by atoms with Crippen LogP contribution in [-0.2, 0) is 20.5 Å². The molecule has 2 N–H and O–H groups in total. The number of nitrogens with zero attached hydrogens (tertiary/aromatic N) is 1. The van der Waals surface area contributed by atoms with Gasteiger partial charge in [0.1, 0.15) is 0 Å². The van der Waals surface area contributed by atoms with Gasteiger partial charge < -0.3 is 0 Å². The van der Waals surface area contributed by atoms with Crippen molar-refractivity contribution in [1.29, 1.82) is 0 Å². The normalized spacial score (nSPS) is 19.0. The van der Waals surface area contributed by atoms with E-state index >= 15 is 0 Å². The van der Waals surface area contributed by atoms with Crippen LogP contribution < -0.4 is 5.73 Å². The molecule has 0 aromatic heterocycles. The van der Waals surface area contributed by atoms with Gasteiger partial charge in [0.2, 0.25) is 0 Å². The minimum atomic E-state index is -3.70. The van der Waals surface area contributed by atoms with Crippen molar-refractivity contribution < 1.29 is 20.5 Å². The molecule has 0 aromatic rings. The quantitative estimate of drug-likeness (QED) is 0.586. The van der Waals surface area contributed by atoms with Gasteiger partial charge in [-0.05, 0) is 0 Å². The molecule has 7 nitrogen and oxygen atoms in total. The molecule has 1 saturated heterocycles. The third kappa shape index (κ3) is 6.51. The monoisotopic (exact) mass is 422 g/mol. The van der Waals surface area contributed by atoms with Gasteiger partial charge in [-0.3, -0.25) is 0 Å². The van der Waals surface area contributed by atoms with Gasteiger partial charge in [0.05, 0.1) is 0 Å². The van der Waals surface area contributed by atoms with Crippen molar-refractivity contribution in [3.63, 3.8) is 0 Å². The number of hydrogen-bond donors (Lipinski definition) is 1. The molecule has 0 spiro atoms. The number of rotatable bonds is 8. The second kappa shape index (κ2) is 9.34. The van der Waals surface area contributed by atoms with Gasteiger partial charge in [-0.1, -0.05) is 0 Å². The molecular formula is C14H26N2O5Sn. The fourth-order valence-electron chi connectivity index (χ4n) is 2.47. The number of primary amides is 1. The SMILES string of the molecule is CCC[CH2][Sn]1([CH2]CCC)[O]C(=O)CN(CC(N)=O)CC(=O)[O]1. The zero-order chi connectivity index (χ0) is 16.6. The van der Waals surface area contributed by atoms with Crippen LogP contribution in [0.3, 0.4) is 0 Å². The first-order valence-electron chi connectivity index (χ1n) is 7.85. The fraction of sp³-hybridized carbons (Fsp3) is 0.786. The Hall–Kier alpha value is -0.831. The van der Waals surface area contributed by atoms with E-state index in [-0.39, 0.29) is 19.6 Å². The van der Waals surface area contributed by atoms with Crippen molar-refractivity contribution in [3.8, 4) is 0 Å². The molecule has 0 atom stereocenters. The summed E-state index contributed by atoms with van der Waals surface area (Å²) in [6, 6.07) is 0. The first-order chi connectivity index (χ1) is 10.4. The molecule has 22 heavy (non-hydrogen) atoms. The van der Waals surface area contributed by atoms with Crippen LogP contribution in [0.1, 0.15) is 39.5 Å². The fourth-order valence-corrected chi connectivity index (χ4v) is 12.3. The summed E-state index contributed by atoms with van der Waals surface area (Å²) in [5, 5.41) is 0. The molecule has 1 aliphatic heterocycles. The topological polar surface area (TPSA) is 98.9 Å². The third-order valence-corrected chi connectivity index (χ3v) is 13.3. The van der Waals surface area contributed by atoms with Crippen LogP contribution in [0.4, 0.5) is 0 Å². The molecule has 0 aromatic carbocycles. The van der Waals surface area contributed by atoms with Gasteiger partial charge in [-0.25, -0.2) is 0 Å². The van der Waals surface area contributed by atoms with Gasteiger partial charge in [-0.2, -0.15) is 0 Å². The van der Waals surface area contributed by atoms with Crippen LogP contribution >= 0.6 is 0 Å². The number of hydrogen-bond acceptors (Lipinski definition) is 6. The molecule has 1 fully saturated rings. The second-order valence-corrected chi connectivity index (χ2v) is 14.9. The van der Waals surface area contributed by atoms with E-state index in [1.54, 1.807) is 0 Å². The Labute approximate surface area is 136 Å². The molecule has 8 heteroatoms. The van der Waals surface area contributed by atoms with E-state index in [1.165, 1.54) is 4.90 Å². The van der Waals surface area contributed by atoms with E-state index in [0.717, 1.165) is 25.7 Å². The molecule has 0 bridgehead atoms. The number of nitrogens with two attached hydrogens (primary N) is 1. The average Bonchev–Trinajstić information content (AvgIpc) is 2.40. The second-order valence-electron chi connectivity index (χ2n) is 5.68. The van der Waals surface area contributed by atoms with E-state index in [4.69, 9.17) is 11.9 Å². The molecule has 0 saturated carbocycles. The van der Waals surface area contributed by atoms with Crippen LogP contribution in [-0.4, -0.2) is 61.6 Å². The maximum absolute atomic E-state index is 12.1. The van der Waals surface area contributed by atoms with Crippen molar-refractivity contribution in [2.75, 3.05) is 19.6 Å². The first kappa shape index (κ1) is 19.2. The van der Waals surface area contributed by atoms with E-state index in [1.807, 2.05) is 0 Å². The van der Waals surface area contributed by atoms with E-state index in [0.29, 0.717) is 8.87 Å². The molecule has 1 heterocycles. The number of amides is 1. The minimum absolute atomic E-state index is 0.0883. The zero-order valence-corrected chi connectivity index (χ0v) is 16.3. The predicted molar refractivity (Wildman–Crippen MR) is 83.0 cm³/mol. The molecular weight excluding hydrogens is 395 g/mol. The van der Waals surface area contributed by atoms with Crippen LogP contribution in [0, 0.1) is 0 Å². The summed E-state index contributed by atoms with van der Waals surface area (Å²) in [6.07, 6.45) is 3.72. The summed E-state index contributed by atoms with van der Waals surface area (Å²) in [5.41, 5.74) is 5.12. The Balaban J connectivity index is 2.85. The Morgan fingerprint density at radius 3 is 1.91 bits per heavy atom. The van der Waals surface area contributed by atoms with Crippen molar-refractivity contribution in [2.45, 2.75) is 48.4 Å². The Morgan fingerprint density at radius 1 is 1.09 bits per heavy atom. The number of carbonyl (C=O) groups excluding carboxylic acids is 3. The van der Waals surface area contributed by atoms with Gasteiger partial charge in [0.25, 0.3) is 0 Å². The van der Waals surface area contributed by atoms with E-state index in [9.17, 15) is 14.4 Å². The van der Waals surface area contributed by atoms with Crippen LogP contribution in [0.5, 0.6) is 0 Å². The molecule has 0 aliphatic carbocycles. The summed E-state index contributed by atoms with van der Waals surface area (Å²) in [6.45, 7) is 3.78.